The number of nitrogens with one attached hydrogen (secondary N) is 2. The average molecular weight is 321 g/mol. The Hall–Kier alpha value is -1.83. The van der Waals surface area contributed by atoms with Crippen LogP contribution in [0, 0.1) is 0 Å². The minimum absolute atomic E-state index is 0.0324. The lowest BCUT2D eigenvalue weighted by Crippen LogP contribution is -2.31. The SMILES string of the molecule is CC(C)NC(=O)CSc1nnc2[nH]c(=O)c3c(n12)CCCC3. The van der Waals surface area contributed by atoms with E-state index in [1.807, 2.05) is 18.2 Å². The predicted octanol–water partition coefficient (Wildman–Crippen LogP) is 0.913. The first-order valence-electron chi connectivity index (χ1n) is 7.47. The molecule has 0 atom stereocenters. The third-order valence-corrected chi connectivity index (χ3v) is 4.55. The number of nitrogens with zero attached hydrogens (tertiary/aromatic N) is 3. The summed E-state index contributed by atoms with van der Waals surface area (Å²) in [5.74, 6) is 0.708. The standard InChI is InChI=1S/C14H19N5O2S/c1-8(2)15-11(20)7-22-14-18-17-13-16-12(21)9-5-3-4-6-10(9)19(13)14/h8H,3-7H2,1-2H3,(H,15,20)(H,16,17,21). The van der Waals surface area contributed by atoms with Crippen molar-refractivity contribution in [2.45, 2.75) is 50.7 Å². The van der Waals surface area contributed by atoms with Crippen LogP contribution in [0.15, 0.2) is 9.95 Å². The highest BCUT2D eigenvalue weighted by Crippen LogP contribution is 2.23. The summed E-state index contributed by atoms with van der Waals surface area (Å²) < 4.78 is 1.89. The van der Waals surface area contributed by atoms with Crippen molar-refractivity contribution in [3.63, 3.8) is 0 Å². The van der Waals surface area contributed by atoms with E-state index in [-0.39, 0.29) is 23.3 Å². The fraction of sp³-hybridized carbons (Fsp3) is 0.571. The summed E-state index contributed by atoms with van der Waals surface area (Å²) >= 11 is 1.34. The van der Waals surface area contributed by atoms with Gasteiger partial charge in [-0.25, -0.2) is 0 Å². The smallest absolute Gasteiger partial charge is 0.255 e. The Morgan fingerprint density at radius 2 is 2.14 bits per heavy atom. The molecule has 118 valence electrons. The molecule has 22 heavy (non-hydrogen) atoms. The molecule has 2 aromatic heterocycles. The Bertz CT molecular complexity index is 764. The maximum absolute atomic E-state index is 12.1. The zero-order valence-corrected chi connectivity index (χ0v) is 13.5. The predicted molar refractivity (Wildman–Crippen MR) is 84.3 cm³/mol. The summed E-state index contributed by atoms with van der Waals surface area (Å²) in [6.45, 7) is 3.85. The first-order valence-corrected chi connectivity index (χ1v) is 8.46. The third-order valence-electron chi connectivity index (χ3n) is 3.62. The van der Waals surface area contributed by atoms with Crippen molar-refractivity contribution in [2.75, 3.05) is 5.75 Å². The zero-order chi connectivity index (χ0) is 15.7. The number of rotatable bonds is 4. The van der Waals surface area contributed by atoms with Crippen molar-refractivity contribution >= 4 is 23.4 Å². The van der Waals surface area contributed by atoms with E-state index in [9.17, 15) is 9.59 Å². The Morgan fingerprint density at radius 1 is 1.36 bits per heavy atom. The Labute approximate surface area is 131 Å². The second-order valence-corrected chi connectivity index (χ2v) is 6.68. The van der Waals surface area contributed by atoms with Gasteiger partial charge in [0, 0.05) is 17.3 Å². The van der Waals surface area contributed by atoms with Crippen LogP contribution in [0.25, 0.3) is 5.78 Å². The van der Waals surface area contributed by atoms with Crippen LogP contribution >= 0.6 is 11.8 Å². The molecule has 2 heterocycles. The van der Waals surface area contributed by atoms with Gasteiger partial charge in [-0.3, -0.25) is 19.0 Å². The van der Waals surface area contributed by atoms with E-state index < -0.39 is 0 Å². The van der Waals surface area contributed by atoms with Gasteiger partial charge >= 0.3 is 0 Å². The molecule has 3 rings (SSSR count). The molecule has 2 aromatic rings. The third kappa shape index (κ3) is 2.87. The first kappa shape index (κ1) is 15.1. The summed E-state index contributed by atoms with van der Waals surface area (Å²) in [7, 11) is 0. The van der Waals surface area contributed by atoms with Gasteiger partial charge in [0.1, 0.15) is 0 Å². The molecule has 0 spiro atoms. The van der Waals surface area contributed by atoms with Crippen molar-refractivity contribution in [3.8, 4) is 0 Å². The van der Waals surface area contributed by atoms with Crippen LogP contribution < -0.4 is 10.9 Å². The molecule has 2 N–H and O–H groups in total. The minimum atomic E-state index is -0.0660. The number of hydrogen-bond donors (Lipinski definition) is 2. The van der Waals surface area contributed by atoms with Crippen LogP contribution in [0.5, 0.6) is 0 Å². The Morgan fingerprint density at radius 3 is 2.91 bits per heavy atom. The number of thioether (sulfide) groups is 1. The van der Waals surface area contributed by atoms with Gasteiger partial charge < -0.3 is 5.32 Å². The lowest BCUT2D eigenvalue weighted by molar-refractivity contribution is -0.119. The molecule has 0 fully saturated rings. The molecule has 0 unspecified atom stereocenters. The van der Waals surface area contributed by atoms with Crippen molar-refractivity contribution in [3.05, 3.63) is 21.6 Å². The minimum Gasteiger partial charge on any atom is -0.353 e. The number of hydrogen-bond acceptors (Lipinski definition) is 5. The van der Waals surface area contributed by atoms with Gasteiger partial charge in [-0.05, 0) is 39.5 Å². The molecule has 0 saturated heterocycles. The fourth-order valence-corrected chi connectivity index (χ4v) is 3.51. The summed E-state index contributed by atoms with van der Waals surface area (Å²) in [5, 5.41) is 11.7. The van der Waals surface area contributed by atoms with Crippen LogP contribution in [0.1, 0.15) is 37.9 Å². The Kier molecular flexibility index (Phi) is 4.19. The second-order valence-electron chi connectivity index (χ2n) is 5.74. The number of amides is 1. The number of aryl methyl sites for hydroxylation is 1. The number of carbonyl (C=O) groups is 1. The van der Waals surface area contributed by atoms with Crippen molar-refractivity contribution in [2.24, 2.45) is 0 Å². The zero-order valence-electron chi connectivity index (χ0n) is 12.7. The molecule has 1 aliphatic rings. The highest BCUT2D eigenvalue weighted by molar-refractivity contribution is 7.99. The molecule has 7 nitrogen and oxygen atoms in total. The average Bonchev–Trinajstić information content (AvgIpc) is 2.88. The number of aromatic amines is 1. The molecule has 0 bridgehead atoms. The normalized spacial score (nSPS) is 14.3. The van der Waals surface area contributed by atoms with Crippen molar-refractivity contribution < 1.29 is 4.79 Å². The van der Waals surface area contributed by atoms with Gasteiger partial charge in [-0.15, -0.1) is 10.2 Å². The van der Waals surface area contributed by atoms with E-state index >= 15 is 0 Å². The summed E-state index contributed by atoms with van der Waals surface area (Å²) in [6.07, 6.45) is 3.72. The first-order chi connectivity index (χ1) is 10.6. The van der Waals surface area contributed by atoms with E-state index in [0.29, 0.717) is 10.9 Å². The number of fused-ring (bicyclic) bond motifs is 3. The highest BCUT2D eigenvalue weighted by atomic mass is 32.2. The number of H-pyrrole nitrogens is 1. The van der Waals surface area contributed by atoms with Crippen molar-refractivity contribution in [1.29, 1.82) is 0 Å². The largest absolute Gasteiger partial charge is 0.353 e. The van der Waals surface area contributed by atoms with Gasteiger partial charge in [-0.1, -0.05) is 11.8 Å². The maximum Gasteiger partial charge on any atom is 0.255 e. The maximum atomic E-state index is 12.1. The molecule has 0 aliphatic heterocycles. The van der Waals surface area contributed by atoms with Crippen LogP contribution in [-0.2, 0) is 17.6 Å². The second kappa shape index (κ2) is 6.12. The van der Waals surface area contributed by atoms with Crippen molar-refractivity contribution in [1.82, 2.24) is 24.9 Å². The topological polar surface area (TPSA) is 92.2 Å². The molecular weight excluding hydrogens is 302 g/mol. The van der Waals surface area contributed by atoms with Crippen LogP contribution in [0.2, 0.25) is 0 Å². The monoisotopic (exact) mass is 321 g/mol. The van der Waals surface area contributed by atoms with Gasteiger partial charge in [0.15, 0.2) is 5.16 Å². The van der Waals surface area contributed by atoms with Crippen LogP contribution in [0.3, 0.4) is 0 Å². The molecular formula is C14H19N5O2S. The molecule has 1 aliphatic carbocycles. The van der Waals surface area contributed by atoms with Gasteiger partial charge in [0.25, 0.3) is 5.56 Å². The quantitative estimate of drug-likeness (QED) is 0.817. The van der Waals surface area contributed by atoms with E-state index in [4.69, 9.17) is 0 Å². The van der Waals surface area contributed by atoms with Gasteiger partial charge in [0.2, 0.25) is 11.7 Å². The lowest BCUT2D eigenvalue weighted by Gasteiger charge is -2.16. The molecule has 1 amide bonds. The number of aromatic nitrogens is 4. The van der Waals surface area contributed by atoms with E-state index in [2.05, 4.69) is 20.5 Å². The van der Waals surface area contributed by atoms with E-state index in [1.165, 1.54) is 11.8 Å². The summed E-state index contributed by atoms with van der Waals surface area (Å²) in [4.78, 5) is 26.6. The molecule has 0 saturated carbocycles. The van der Waals surface area contributed by atoms with Crippen LogP contribution in [-0.4, -0.2) is 37.3 Å². The fourth-order valence-electron chi connectivity index (χ4n) is 2.74. The van der Waals surface area contributed by atoms with E-state index in [0.717, 1.165) is 36.9 Å². The van der Waals surface area contributed by atoms with Gasteiger partial charge in [0.05, 0.1) is 5.75 Å². The number of carbonyl (C=O) groups excluding carboxylic acids is 1. The summed E-state index contributed by atoms with van der Waals surface area (Å²) in [5.41, 5.74) is 1.75. The molecule has 0 aromatic carbocycles. The van der Waals surface area contributed by atoms with Crippen LogP contribution in [0.4, 0.5) is 0 Å². The lowest BCUT2D eigenvalue weighted by atomic mass is 9.97. The molecule has 0 radical (unpaired) electrons. The Balaban J connectivity index is 1.91. The highest BCUT2D eigenvalue weighted by Gasteiger charge is 2.20. The van der Waals surface area contributed by atoms with E-state index in [1.54, 1.807) is 0 Å². The molecule has 8 heteroatoms. The summed E-state index contributed by atoms with van der Waals surface area (Å²) in [6, 6.07) is 0.118. The van der Waals surface area contributed by atoms with Gasteiger partial charge in [-0.2, -0.15) is 0 Å².